The molecule has 0 atom stereocenters. The van der Waals surface area contributed by atoms with Crippen LogP contribution in [-0.4, -0.2) is 22.8 Å². The van der Waals surface area contributed by atoms with E-state index in [1.165, 1.54) is 0 Å². The first kappa shape index (κ1) is 18.0. The number of hydrogen-bond donors (Lipinski definition) is 1. The third kappa shape index (κ3) is 3.75. The predicted octanol–water partition coefficient (Wildman–Crippen LogP) is 3.83. The van der Waals surface area contributed by atoms with Crippen molar-refractivity contribution in [3.63, 3.8) is 0 Å². The first-order chi connectivity index (χ1) is 14.7. The first-order valence-electron chi connectivity index (χ1n) is 9.37. The molecule has 0 saturated carbocycles. The van der Waals surface area contributed by atoms with Gasteiger partial charge in [-0.3, -0.25) is 4.79 Å². The van der Waals surface area contributed by atoms with Crippen LogP contribution in [-0.2, 0) is 17.6 Å². The Kier molecular flexibility index (Phi) is 4.65. The van der Waals surface area contributed by atoms with Crippen molar-refractivity contribution in [3.05, 3.63) is 77.9 Å². The van der Waals surface area contributed by atoms with Crippen LogP contribution in [0.25, 0.3) is 11.6 Å². The van der Waals surface area contributed by atoms with Gasteiger partial charge in [0.15, 0.2) is 17.3 Å². The lowest BCUT2D eigenvalue weighted by Gasteiger charge is -2.10. The molecule has 8 heteroatoms. The Labute approximate surface area is 171 Å². The first-order valence-corrected chi connectivity index (χ1v) is 9.37. The highest BCUT2D eigenvalue weighted by Crippen LogP contribution is 2.32. The highest BCUT2D eigenvalue weighted by Gasteiger charge is 2.16. The van der Waals surface area contributed by atoms with Gasteiger partial charge in [0.05, 0.1) is 19.1 Å². The molecule has 1 aliphatic rings. The summed E-state index contributed by atoms with van der Waals surface area (Å²) in [7, 11) is 0. The van der Waals surface area contributed by atoms with E-state index in [0.29, 0.717) is 41.1 Å². The monoisotopic (exact) mass is 403 g/mol. The average Bonchev–Trinajstić information content (AvgIpc) is 3.50. The second-order valence-corrected chi connectivity index (χ2v) is 6.74. The van der Waals surface area contributed by atoms with E-state index in [1.54, 1.807) is 18.4 Å². The maximum atomic E-state index is 12.6. The number of carbonyl (C=O) groups excluding carboxylic acids is 1. The highest BCUT2D eigenvalue weighted by molar-refractivity contribution is 5.93. The molecule has 150 valence electrons. The number of nitrogens with one attached hydrogen (secondary N) is 1. The van der Waals surface area contributed by atoms with Crippen LogP contribution < -0.4 is 14.8 Å². The van der Waals surface area contributed by atoms with E-state index in [4.69, 9.17) is 18.4 Å². The topological polar surface area (TPSA) is 99.6 Å². The normalized spacial score (nSPS) is 12.1. The molecule has 0 bridgehead atoms. The Bertz CT molecular complexity index is 1180. The smallest absolute Gasteiger partial charge is 0.238 e. The quantitative estimate of drug-likeness (QED) is 0.522. The fourth-order valence-electron chi connectivity index (χ4n) is 3.22. The largest absolute Gasteiger partial charge is 0.461 e. The molecule has 4 aromatic rings. The number of aromatic nitrogens is 2. The van der Waals surface area contributed by atoms with E-state index >= 15 is 0 Å². The molecular weight excluding hydrogens is 386 g/mol. The molecule has 0 aliphatic carbocycles. The molecule has 2 aromatic heterocycles. The van der Waals surface area contributed by atoms with Gasteiger partial charge in [0.1, 0.15) is 0 Å². The standard InChI is InChI=1S/C22H17N3O5/c26-20(11-14-7-8-17-19(10-14)29-13-28-17)23-16-5-2-1-4-15(16)12-21-24-22(25-30-21)18-6-3-9-27-18/h1-10H,11-13H2,(H,23,26). The van der Waals surface area contributed by atoms with Crippen LogP contribution in [0.3, 0.4) is 0 Å². The molecule has 0 unspecified atom stereocenters. The minimum Gasteiger partial charge on any atom is -0.461 e. The summed E-state index contributed by atoms with van der Waals surface area (Å²) in [5.74, 6) is 2.57. The highest BCUT2D eigenvalue weighted by atomic mass is 16.7. The minimum atomic E-state index is -0.136. The van der Waals surface area contributed by atoms with Gasteiger partial charge >= 0.3 is 0 Å². The van der Waals surface area contributed by atoms with Gasteiger partial charge in [0, 0.05) is 5.69 Å². The van der Waals surface area contributed by atoms with Crippen molar-refractivity contribution in [2.24, 2.45) is 0 Å². The Morgan fingerprint density at radius 1 is 1.03 bits per heavy atom. The van der Waals surface area contributed by atoms with Gasteiger partial charge in [0.25, 0.3) is 0 Å². The zero-order valence-corrected chi connectivity index (χ0v) is 15.8. The molecule has 30 heavy (non-hydrogen) atoms. The van der Waals surface area contributed by atoms with Crippen LogP contribution in [0, 0.1) is 0 Å². The third-order valence-corrected chi connectivity index (χ3v) is 4.64. The van der Waals surface area contributed by atoms with Crippen molar-refractivity contribution in [1.82, 2.24) is 10.1 Å². The number of ether oxygens (including phenoxy) is 2. The molecule has 0 saturated heterocycles. The summed E-state index contributed by atoms with van der Waals surface area (Å²) in [5, 5.41) is 6.90. The lowest BCUT2D eigenvalue weighted by molar-refractivity contribution is -0.115. The van der Waals surface area contributed by atoms with E-state index < -0.39 is 0 Å². The van der Waals surface area contributed by atoms with E-state index in [0.717, 1.165) is 11.1 Å². The van der Waals surface area contributed by atoms with Crippen LogP contribution in [0.1, 0.15) is 17.0 Å². The maximum absolute atomic E-state index is 12.6. The number of nitrogens with zero attached hydrogens (tertiary/aromatic N) is 2. The van der Waals surface area contributed by atoms with E-state index in [-0.39, 0.29) is 19.1 Å². The zero-order valence-electron chi connectivity index (χ0n) is 15.8. The molecule has 1 N–H and O–H groups in total. The van der Waals surface area contributed by atoms with Gasteiger partial charge in [-0.05, 0) is 41.5 Å². The Balaban J connectivity index is 1.28. The molecule has 1 amide bonds. The Hall–Kier alpha value is -4.07. The molecular formula is C22H17N3O5. The summed E-state index contributed by atoms with van der Waals surface area (Å²) < 4.78 is 21.3. The SMILES string of the molecule is O=C(Cc1ccc2c(c1)OCO2)Nc1ccccc1Cc1nc(-c2ccco2)no1. The fraction of sp³-hybridized carbons (Fsp3) is 0.136. The van der Waals surface area contributed by atoms with Gasteiger partial charge in [-0.2, -0.15) is 4.98 Å². The predicted molar refractivity (Wildman–Crippen MR) is 106 cm³/mol. The number of rotatable bonds is 6. The number of fused-ring (bicyclic) bond motifs is 1. The number of amides is 1. The molecule has 8 nitrogen and oxygen atoms in total. The van der Waals surface area contributed by atoms with E-state index in [9.17, 15) is 4.79 Å². The number of benzene rings is 2. The van der Waals surface area contributed by atoms with Gasteiger partial charge in [0.2, 0.25) is 24.4 Å². The van der Waals surface area contributed by atoms with Crippen molar-refractivity contribution in [2.45, 2.75) is 12.8 Å². The summed E-state index contributed by atoms with van der Waals surface area (Å²) in [6, 6.07) is 16.5. The molecule has 0 radical (unpaired) electrons. The number of para-hydroxylation sites is 1. The molecule has 5 rings (SSSR count). The maximum Gasteiger partial charge on any atom is 0.238 e. The third-order valence-electron chi connectivity index (χ3n) is 4.64. The molecule has 0 spiro atoms. The summed E-state index contributed by atoms with van der Waals surface area (Å²) >= 11 is 0. The summed E-state index contributed by atoms with van der Waals surface area (Å²) in [6.07, 6.45) is 2.15. The lowest BCUT2D eigenvalue weighted by Crippen LogP contribution is -2.15. The van der Waals surface area contributed by atoms with Crippen molar-refractivity contribution in [1.29, 1.82) is 0 Å². The van der Waals surface area contributed by atoms with Gasteiger partial charge in [-0.25, -0.2) is 0 Å². The summed E-state index contributed by atoms with van der Waals surface area (Å²) in [5.41, 5.74) is 2.40. The number of hydrogen-bond acceptors (Lipinski definition) is 7. The number of furan rings is 1. The summed E-state index contributed by atoms with van der Waals surface area (Å²) in [6.45, 7) is 0.204. The van der Waals surface area contributed by atoms with Gasteiger partial charge in [-0.1, -0.05) is 29.4 Å². The Morgan fingerprint density at radius 3 is 2.83 bits per heavy atom. The van der Waals surface area contributed by atoms with E-state index in [1.807, 2.05) is 42.5 Å². The van der Waals surface area contributed by atoms with Crippen LogP contribution in [0.5, 0.6) is 11.5 Å². The van der Waals surface area contributed by atoms with Gasteiger partial charge in [-0.15, -0.1) is 0 Å². The second kappa shape index (κ2) is 7.75. The zero-order chi connectivity index (χ0) is 20.3. The van der Waals surface area contributed by atoms with Crippen molar-refractivity contribution in [3.8, 4) is 23.1 Å². The Morgan fingerprint density at radius 2 is 1.93 bits per heavy atom. The van der Waals surface area contributed by atoms with Crippen LogP contribution in [0.2, 0.25) is 0 Å². The number of anilines is 1. The van der Waals surface area contributed by atoms with Crippen LogP contribution >= 0.6 is 0 Å². The summed E-state index contributed by atoms with van der Waals surface area (Å²) in [4.78, 5) is 17.0. The molecule has 1 aliphatic heterocycles. The van der Waals surface area contributed by atoms with Gasteiger partial charge < -0.3 is 23.7 Å². The van der Waals surface area contributed by atoms with Crippen molar-refractivity contribution < 1.29 is 23.2 Å². The minimum absolute atomic E-state index is 0.136. The van der Waals surface area contributed by atoms with Crippen molar-refractivity contribution in [2.75, 3.05) is 12.1 Å². The molecule has 3 heterocycles. The van der Waals surface area contributed by atoms with Crippen LogP contribution in [0.4, 0.5) is 5.69 Å². The fourth-order valence-corrected chi connectivity index (χ4v) is 3.22. The van der Waals surface area contributed by atoms with Crippen molar-refractivity contribution >= 4 is 11.6 Å². The van der Waals surface area contributed by atoms with E-state index in [2.05, 4.69) is 15.5 Å². The number of carbonyl (C=O) groups is 1. The average molecular weight is 403 g/mol. The lowest BCUT2D eigenvalue weighted by atomic mass is 10.1. The molecule has 2 aromatic carbocycles. The molecule has 0 fully saturated rings. The second-order valence-electron chi connectivity index (χ2n) is 6.74. The van der Waals surface area contributed by atoms with Crippen LogP contribution in [0.15, 0.2) is 69.8 Å².